The first-order valence-electron chi connectivity index (χ1n) is 10.8. The highest BCUT2D eigenvalue weighted by Gasteiger charge is 2.35. The molecule has 5 rings (SSSR count). The standard InChI is InChI=1S/C24H28N4OS/c1-17-15-19-7-3-5-9-21(19)28(17)24(29)18(2)27-13-11-26(12-14-27)16-23-25-20-8-4-6-10-22(20)30-23/h3-10,17-18H,11-16H2,1-2H3/t17-,18-/m1/s1. The molecule has 3 aromatic rings. The summed E-state index contributed by atoms with van der Waals surface area (Å²) in [6, 6.07) is 16.8. The van der Waals surface area contributed by atoms with Gasteiger partial charge in [-0.25, -0.2) is 4.98 Å². The van der Waals surface area contributed by atoms with Gasteiger partial charge < -0.3 is 4.90 Å². The van der Waals surface area contributed by atoms with Gasteiger partial charge in [0.1, 0.15) is 5.01 Å². The summed E-state index contributed by atoms with van der Waals surface area (Å²) >= 11 is 1.79. The fourth-order valence-electron chi connectivity index (χ4n) is 4.75. The Morgan fingerprint density at radius 1 is 1.10 bits per heavy atom. The van der Waals surface area contributed by atoms with Crippen LogP contribution in [0.4, 0.5) is 5.69 Å². The fraction of sp³-hybridized carbons (Fsp3) is 0.417. The van der Waals surface area contributed by atoms with Crippen LogP contribution >= 0.6 is 11.3 Å². The van der Waals surface area contributed by atoms with Gasteiger partial charge >= 0.3 is 0 Å². The summed E-state index contributed by atoms with van der Waals surface area (Å²) < 4.78 is 1.25. The molecule has 3 heterocycles. The molecule has 2 aromatic carbocycles. The van der Waals surface area contributed by atoms with Crippen LogP contribution in [0.3, 0.4) is 0 Å². The van der Waals surface area contributed by atoms with E-state index in [2.05, 4.69) is 60.0 Å². The molecule has 1 amide bonds. The lowest BCUT2D eigenvalue weighted by Crippen LogP contribution is -2.55. The summed E-state index contributed by atoms with van der Waals surface area (Å²) in [5.41, 5.74) is 3.47. The van der Waals surface area contributed by atoms with Crippen LogP contribution in [-0.2, 0) is 17.8 Å². The minimum atomic E-state index is -0.0943. The summed E-state index contributed by atoms with van der Waals surface area (Å²) in [6.07, 6.45) is 0.949. The van der Waals surface area contributed by atoms with Crippen molar-refractivity contribution in [2.75, 3.05) is 31.1 Å². The minimum absolute atomic E-state index is 0.0943. The zero-order valence-electron chi connectivity index (χ0n) is 17.6. The first kappa shape index (κ1) is 19.7. The molecule has 0 aliphatic carbocycles. The molecule has 156 valence electrons. The summed E-state index contributed by atoms with van der Waals surface area (Å²) in [5, 5.41) is 1.18. The monoisotopic (exact) mass is 420 g/mol. The highest BCUT2D eigenvalue weighted by molar-refractivity contribution is 7.18. The summed E-state index contributed by atoms with van der Waals surface area (Å²) in [7, 11) is 0. The number of thiazole rings is 1. The fourth-order valence-corrected chi connectivity index (χ4v) is 5.76. The van der Waals surface area contributed by atoms with Crippen LogP contribution in [0.5, 0.6) is 0 Å². The molecule has 5 nitrogen and oxygen atoms in total. The molecule has 2 atom stereocenters. The molecule has 0 unspecified atom stereocenters. The van der Waals surface area contributed by atoms with Crippen LogP contribution in [0.25, 0.3) is 10.2 Å². The van der Waals surface area contributed by atoms with E-state index in [-0.39, 0.29) is 18.0 Å². The molecule has 30 heavy (non-hydrogen) atoms. The zero-order chi connectivity index (χ0) is 20.7. The average molecular weight is 421 g/mol. The van der Waals surface area contributed by atoms with E-state index in [4.69, 9.17) is 4.98 Å². The maximum atomic E-state index is 13.4. The molecule has 2 aliphatic heterocycles. The summed E-state index contributed by atoms with van der Waals surface area (Å²) in [6.45, 7) is 8.90. The number of aromatic nitrogens is 1. The second kappa shape index (κ2) is 8.10. The first-order chi connectivity index (χ1) is 14.6. The van der Waals surface area contributed by atoms with Crippen LogP contribution < -0.4 is 4.90 Å². The Morgan fingerprint density at radius 2 is 1.83 bits per heavy atom. The van der Waals surface area contributed by atoms with Crippen molar-refractivity contribution in [1.82, 2.24) is 14.8 Å². The number of carbonyl (C=O) groups excluding carboxylic acids is 1. The Bertz CT molecular complexity index is 1020. The van der Waals surface area contributed by atoms with Gasteiger partial charge in [0.05, 0.1) is 22.8 Å². The molecular formula is C24H28N4OS. The normalized spacial score (nSPS) is 21.1. The van der Waals surface area contributed by atoms with E-state index in [0.29, 0.717) is 0 Å². The molecule has 0 spiro atoms. The van der Waals surface area contributed by atoms with Crippen molar-refractivity contribution in [2.24, 2.45) is 0 Å². The van der Waals surface area contributed by atoms with Crippen molar-refractivity contribution >= 4 is 33.1 Å². The molecule has 1 saturated heterocycles. The van der Waals surface area contributed by atoms with Gasteiger partial charge in [0, 0.05) is 37.9 Å². The smallest absolute Gasteiger partial charge is 0.244 e. The maximum absolute atomic E-state index is 13.4. The van der Waals surface area contributed by atoms with E-state index < -0.39 is 0 Å². The van der Waals surface area contributed by atoms with Gasteiger partial charge in [-0.3, -0.25) is 14.6 Å². The largest absolute Gasteiger partial charge is 0.308 e. The highest BCUT2D eigenvalue weighted by Crippen LogP contribution is 2.33. The van der Waals surface area contributed by atoms with E-state index in [9.17, 15) is 4.79 Å². The number of rotatable bonds is 4. The Kier molecular flexibility index (Phi) is 5.31. The van der Waals surface area contributed by atoms with Crippen molar-refractivity contribution < 1.29 is 4.79 Å². The number of fused-ring (bicyclic) bond motifs is 2. The van der Waals surface area contributed by atoms with E-state index in [1.165, 1.54) is 15.3 Å². The number of para-hydroxylation sites is 2. The molecule has 0 bridgehead atoms. The lowest BCUT2D eigenvalue weighted by Gasteiger charge is -2.39. The van der Waals surface area contributed by atoms with E-state index in [1.54, 1.807) is 11.3 Å². The Morgan fingerprint density at radius 3 is 2.63 bits per heavy atom. The average Bonchev–Trinajstić information content (AvgIpc) is 3.32. The molecule has 6 heteroatoms. The van der Waals surface area contributed by atoms with E-state index in [1.807, 2.05) is 17.0 Å². The minimum Gasteiger partial charge on any atom is -0.308 e. The van der Waals surface area contributed by atoms with Crippen LogP contribution in [0.2, 0.25) is 0 Å². The lowest BCUT2D eigenvalue weighted by molar-refractivity contribution is -0.124. The molecular weight excluding hydrogens is 392 g/mol. The van der Waals surface area contributed by atoms with Crippen LogP contribution in [0.1, 0.15) is 24.4 Å². The third kappa shape index (κ3) is 3.64. The maximum Gasteiger partial charge on any atom is 0.244 e. The van der Waals surface area contributed by atoms with Gasteiger partial charge in [-0.2, -0.15) is 0 Å². The van der Waals surface area contributed by atoms with Gasteiger partial charge in [-0.15, -0.1) is 11.3 Å². The van der Waals surface area contributed by atoms with Gasteiger partial charge in [-0.05, 0) is 44.0 Å². The number of hydrogen-bond donors (Lipinski definition) is 0. The number of nitrogens with zero attached hydrogens (tertiary/aromatic N) is 4. The predicted octanol–water partition coefficient (Wildman–Crippen LogP) is 3.78. The summed E-state index contributed by atoms with van der Waals surface area (Å²) in [5.74, 6) is 0.229. The Balaban J connectivity index is 1.20. The number of anilines is 1. The molecule has 1 fully saturated rings. The first-order valence-corrected chi connectivity index (χ1v) is 11.6. The quantitative estimate of drug-likeness (QED) is 0.644. The van der Waals surface area contributed by atoms with E-state index >= 15 is 0 Å². The molecule has 0 radical (unpaired) electrons. The van der Waals surface area contributed by atoms with Crippen LogP contribution in [-0.4, -0.2) is 59.0 Å². The van der Waals surface area contributed by atoms with Gasteiger partial charge in [0.15, 0.2) is 0 Å². The van der Waals surface area contributed by atoms with Gasteiger partial charge in [0.25, 0.3) is 0 Å². The zero-order valence-corrected chi connectivity index (χ0v) is 18.4. The number of amides is 1. The van der Waals surface area contributed by atoms with E-state index in [0.717, 1.165) is 50.3 Å². The van der Waals surface area contributed by atoms with Crippen molar-refractivity contribution in [1.29, 1.82) is 0 Å². The molecule has 0 saturated carbocycles. The SMILES string of the molecule is C[C@H](C(=O)N1c2ccccc2C[C@H]1C)N1CCN(Cc2nc3ccccc3s2)CC1. The number of piperazine rings is 1. The number of carbonyl (C=O) groups is 1. The van der Waals surface area contributed by atoms with Crippen molar-refractivity contribution in [3.63, 3.8) is 0 Å². The van der Waals surface area contributed by atoms with Gasteiger partial charge in [0.2, 0.25) is 5.91 Å². The topological polar surface area (TPSA) is 39.7 Å². The van der Waals surface area contributed by atoms with Crippen molar-refractivity contribution in [3.8, 4) is 0 Å². The van der Waals surface area contributed by atoms with Crippen LogP contribution in [0, 0.1) is 0 Å². The second-order valence-corrected chi connectivity index (χ2v) is 9.57. The predicted molar refractivity (Wildman–Crippen MR) is 123 cm³/mol. The Labute approximate surface area is 181 Å². The third-order valence-corrected chi connectivity index (χ3v) is 7.47. The number of hydrogen-bond acceptors (Lipinski definition) is 5. The molecule has 1 aromatic heterocycles. The number of benzene rings is 2. The van der Waals surface area contributed by atoms with Crippen molar-refractivity contribution in [2.45, 2.75) is 38.9 Å². The highest BCUT2D eigenvalue weighted by atomic mass is 32.1. The third-order valence-electron chi connectivity index (χ3n) is 6.45. The molecule has 2 aliphatic rings. The molecule has 0 N–H and O–H groups in total. The van der Waals surface area contributed by atoms with Crippen LogP contribution in [0.15, 0.2) is 48.5 Å². The lowest BCUT2D eigenvalue weighted by atomic mass is 10.1. The van der Waals surface area contributed by atoms with Crippen molar-refractivity contribution in [3.05, 3.63) is 59.1 Å². The Hall–Kier alpha value is -2.28. The second-order valence-electron chi connectivity index (χ2n) is 8.45. The van der Waals surface area contributed by atoms with Gasteiger partial charge in [-0.1, -0.05) is 30.3 Å². The summed E-state index contributed by atoms with van der Waals surface area (Å²) in [4.78, 5) is 24.9.